The van der Waals surface area contributed by atoms with Crippen LogP contribution in [0.3, 0.4) is 0 Å². The van der Waals surface area contributed by atoms with E-state index < -0.39 is 0 Å². The van der Waals surface area contributed by atoms with E-state index in [0.717, 1.165) is 30.3 Å². The van der Waals surface area contributed by atoms with Gasteiger partial charge in [-0.1, -0.05) is 20.8 Å². The molecule has 0 heterocycles. The van der Waals surface area contributed by atoms with Crippen LogP contribution in [-0.4, -0.2) is 23.8 Å². The summed E-state index contributed by atoms with van der Waals surface area (Å²) in [5, 5.41) is 0. The number of carbonyl (C=O) groups is 1. The Kier molecular flexibility index (Phi) is 3.09. The Morgan fingerprint density at radius 1 is 1.12 bits per heavy atom. The number of rotatable bonds is 2. The summed E-state index contributed by atoms with van der Waals surface area (Å²) in [6.45, 7) is 2.44. The van der Waals surface area contributed by atoms with E-state index in [-0.39, 0.29) is 7.92 Å². The number of ketones is 1. The first-order valence-electron chi connectivity index (χ1n) is 7.00. The van der Waals surface area contributed by atoms with Crippen molar-refractivity contribution in [1.29, 1.82) is 0 Å². The molecule has 1 nitrogen and oxygen atoms in total. The first-order valence-corrected chi connectivity index (χ1v) is 8.93. The SMILES string of the molecule is CP(C1CCCCC1=O)C1CC2CCC1C2. The summed E-state index contributed by atoms with van der Waals surface area (Å²) in [6.07, 6.45) is 10.5. The smallest absolute Gasteiger partial charge is 0.140 e. The molecule has 0 spiro atoms. The van der Waals surface area contributed by atoms with Gasteiger partial charge in [-0.25, -0.2) is 0 Å². The summed E-state index contributed by atoms with van der Waals surface area (Å²) in [7, 11) is -0.00347. The predicted molar refractivity (Wildman–Crippen MR) is 69.3 cm³/mol. The van der Waals surface area contributed by atoms with Crippen molar-refractivity contribution in [3.05, 3.63) is 0 Å². The van der Waals surface area contributed by atoms with Crippen LogP contribution in [0.5, 0.6) is 0 Å². The van der Waals surface area contributed by atoms with Gasteiger partial charge in [-0.05, 0) is 56.3 Å². The average molecular weight is 238 g/mol. The van der Waals surface area contributed by atoms with Gasteiger partial charge in [0.25, 0.3) is 0 Å². The first kappa shape index (κ1) is 11.2. The van der Waals surface area contributed by atoms with Crippen LogP contribution in [0.25, 0.3) is 0 Å². The number of carbonyl (C=O) groups excluding carboxylic acids is 1. The standard InChI is InChI=1S/C14H23OP/c1-16(13-5-3-2-4-12(13)15)14-9-10-6-7-11(14)8-10/h10-11,13-14H,2-9H2,1H3. The molecule has 0 aromatic heterocycles. The molecule has 0 amide bonds. The van der Waals surface area contributed by atoms with Gasteiger partial charge in [0.15, 0.2) is 0 Å². The van der Waals surface area contributed by atoms with Crippen LogP contribution >= 0.6 is 7.92 Å². The van der Waals surface area contributed by atoms with Crippen LogP contribution in [-0.2, 0) is 4.79 Å². The molecule has 2 heteroatoms. The minimum Gasteiger partial charge on any atom is -0.299 e. The molecule has 16 heavy (non-hydrogen) atoms. The van der Waals surface area contributed by atoms with Crippen molar-refractivity contribution in [2.75, 3.05) is 6.66 Å². The molecular weight excluding hydrogens is 215 g/mol. The Morgan fingerprint density at radius 3 is 2.62 bits per heavy atom. The molecule has 90 valence electrons. The van der Waals surface area contributed by atoms with Crippen molar-refractivity contribution in [3.63, 3.8) is 0 Å². The van der Waals surface area contributed by atoms with Gasteiger partial charge >= 0.3 is 0 Å². The van der Waals surface area contributed by atoms with Crippen molar-refractivity contribution in [3.8, 4) is 0 Å². The monoisotopic (exact) mass is 238 g/mol. The van der Waals surface area contributed by atoms with E-state index in [1.165, 1.54) is 38.5 Å². The van der Waals surface area contributed by atoms with Crippen molar-refractivity contribution < 1.29 is 4.79 Å². The third-order valence-corrected chi connectivity index (χ3v) is 8.45. The van der Waals surface area contributed by atoms with Gasteiger partial charge in [-0.2, -0.15) is 0 Å². The minimum absolute atomic E-state index is 0.00347. The van der Waals surface area contributed by atoms with Crippen molar-refractivity contribution >= 4 is 13.7 Å². The summed E-state index contributed by atoms with van der Waals surface area (Å²) >= 11 is 0. The third kappa shape index (κ3) is 1.86. The normalized spacial score (nSPS) is 44.9. The van der Waals surface area contributed by atoms with E-state index in [9.17, 15) is 4.79 Å². The maximum Gasteiger partial charge on any atom is 0.140 e. The van der Waals surface area contributed by atoms with Crippen LogP contribution in [0.2, 0.25) is 0 Å². The topological polar surface area (TPSA) is 17.1 Å². The van der Waals surface area contributed by atoms with Gasteiger partial charge in [0, 0.05) is 12.1 Å². The maximum atomic E-state index is 12.0. The van der Waals surface area contributed by atoms with Gasteiger partial charge in [0.2, 0.25) is 0 Å². The fraction of sp³-hybridized carbons (Fsp3) is 0.929. The maximum absolute atomic E-state index is 12.0. The molecule has 3 aliphatic carbocycles. The van der Waals surface area contributed by atoms with Crippen LogP contribution in [0.15, 0.2) is 0 Å². The molecule has 5 unspecified atom stereocenters. The molecule has 3 fully saturated rings. The first-order chi connectivity index (χ1) is 7.75. The summed E-state index contributed by atoms with van der Waals surface area (Å²) < 4.78 is 0. The lowest BCUT2D eigenvalue weighted by atomic mass is 9.98. The lowest BCUT2D eigenvalue weighted by Crippen LogP contribution is -2.28. The molecule has 3 rings (SSSR count). The van der Waals surface area contributed by atoms with E-state index in [1.54, 1.807) is 0 Å². The number of Topliss-reactive ketones (excluding diaryl/α,β-unsaturated/α-hetero) is 1. The molecule has 0 saturated heterocycles. The zero-order chi connectivity index (χ0) is 11.1. The number of hydrogen-bond acceptors (Lipinski definition) is 1. The zero-order valence-corrected chi connectivity index (χ0v) is 11.2. The molecular formula is C14H23OP. The summed E-state index contributed by atoms with van der Waals surface area (Å²) in [5.41, 5.74) is 1.45. The number of fused-ring (bicyclic) bond motifs is 2. The highest BCUT2D eigenvalue weighted by molar-refractivity contribution is 7.59. The lowest BCUT2D eigenvalue weighted by Gasteiger charge is -2.35. The van der Waals surface area contributed by atoms with Gasteiger partial charge in [-0.3, -0.25) is 4.79 Å². The second kappa shape index (κ2) is 4.41. The Hall–Kier alpha value is 0.100. The van der Waals surface area contributed by atoms with Crippen LogP contribution in [0, 0.1) is 11.8 Å². The molecule has 2 bridgehead atoms. The van der Waals surface area contributed by atoms with E-state index in [2.05, 4.69) is 6.66 Å². The van der Waals surface area contributed by atoms with E-state index in [1.807, 2.05) is 0 Å². The quantitative estimate of drug-likeness (QED) is 0.669. The molecule has 0 aromatic carbocycles. The third-order valence-electron chi connectivity index (χ3n) is 5.24. The molecule has 0 N–H and O–H groups in total. The highest BCUT2D eigenvalue weighted by Crippen LogP contribution is 2.60. The van der Waals surface area contributed by atoms with Gasteiger partial charge < -0.3 is 0 Å². The van der Waals surface area contributed by atoms with Gasteiger partial charge in [0.05, 0.1) is 0 Å². The van der Waals surface area contributed by atoms with Crippen LogP contribution < -0.4 is 0 Å². The summed E-state index contributed by atoms with van der Waals surface area (Å²) in [5.74, 6) is 2.66. The van der Waals surface area contributed by atoms with Gasteiger partial charge in [-0.15, -0.1) is 0 Å². The molecule has 3 saturated carbocycles. The highest BCUT2D eigenvalue weighted by atomic mass is 31.1. The van der Waals surface area contributed by atoms with E-state index in [0.29, 0.717) is 11.4 Å². The summed E-state index contributed by atoms with van der Waals surface area (Å²) in [6, 6.07) is 0. The van der Waals surface area contributed by atoms with Crippen molar-refractivity contribution in [2.24, 2.45) is 11.8 Å². The fourth-order valence-corrected chi connectivity index (χ4v) is 7.54. The second-order valence-electron chi connectivity index (χ2n) is 6.14. The lowest BCUT2D eigenvalue weighted by molar-refractivity contribution is -0.119. The minimum atomic E-state index is -0.00347. The molecule has 0 aromatic rings. The predicted octanol–water partition coefficient (Wildman–Crippen LogP) is 3.80. The van der Waals surface area contributed by atoms with Crippen molar-refractivity contribution in [1.82, 2.24) is 0 Å². The molecule has 5 atom stereocenters. The number of hydrogen-bond donors (Lipinski definition) is 0. The molecule has 0 aliphatic heterocycles. The Balaban J connectivity index is 1.67. The van der Waals surface area contributed by atoms with Crippen molar-refractivity contribution in [2.45, 2.75) is 62.7 Å². The Morgan fingerprint density at radius 2 is 2.00 bits per heavy atom. The largest absolute Gasteiger partial charge is 0.299 e. The zero-order valence-electron chi connectivity index (χ0n) is 10.3. The Bertz CT molecular complexity index is 288. The summed E-state index contributed by atoms with van der Waals surface area (Å²) in [4.78, 5) is 12.0. The van der Waals surface area contributed by atoms with E-state index >= 15 is 0 Å². The highest BCUT2D eigenvalue weighted by Gasteiger charge is 2.44. The second-order valence-corrected chi connectivity index (χ2v) is 8.75. The molecule has 0 radical (unpaired) electrons. The van der Waals surface area contributed by atoms with Crippen LogP contribution in [0.4, 0.5) is 0 Å². The molecule has 3 aliphatic rings. The van der Waals surface area contributed by atoms with Crippen LogP contribution in [0.1, 0.15) is 51.4 Å². The Labute approximate surface area is 100 Å². The van der Waals surface area contributed by atoms with E-state index in [4.69, 9.17) is 0 Å². The fourth-order valence-electron chi connectivity index (χ4n) is 4.34. The van der Waals surface area contributed by atoms with Gasteiger partial charge in [0.1, 0.15) is 5.78 Å². The average Bonchev–Trinajstić information content (AvgIpc) is 2.90.